The summed E-state index contributed by atoms with van der Waals surface area (Å²) in [6, 6.07) is 14.0. The van der Waals surface area contributed by atoms with E-state index in [2.05, 4.69) is 21.3 Å². The molecule has 1 fully saturated rings. The van der Waals surface area contributed by atoms with E-state index in [0.717, 1.165) is 16.8 Å². The van der Waals surface area contributed by atoms with E-state index in [9.17, 15) is 24.0 Å². The zero-order chi connectivity index (χ0) is 32.3. The van der Waals surface area contributed by atoms with Crippen molar-refractivity contribution in [2.75, 3.05) is 18.4 Å². The van der Waals surface area contributed by atoms with Crippen molar-refractivity contribution >= 4 is 35.5 Å². The lowest BCUT2D eigenvalue weighted by Crippen LogP contribution is -2.52. The van der Waals surface area contributed by atoms with Crippen molar-refractivity contribution in [3.8, 4) is 0 Å². The van der Waals surface area contributed by atoms with E-state index in [0.29, 0.717) is 19.4 Å². The summed E-state index contributed by atoms with van der Waals surface area (Å²) in [5.74, 6) is -1.39. The van der Waals surface area contributed by atoms with E-state index in [1.807, 2.05) is 61.5 Å². The maximum atomic E-state index is 13.3. The molecule has 0 aliphatic carbocycles. The van der Waals surface area contributed by atoms with Crippen LogP contribution in [0.25, 0.3) is 0 Å². The van der Waals surface area contributed by atoms with Crippen molar-refractivity contribution in [2.24, 2.45) is 5.73 Å². The van der Waals surface area contributed by atoms with E-state index in [1.165, 1.54) is 4.90 Å². The molecule has 1 aliphatic heterocycles. The molecule has 6 amide bonds. The Morgan fingerprint density at radius 2 is 1.70 bits per heavy atom. The summed E-state index contributed by atoms with van der Waals surface area (Å²) in [5.41, 5.74) is 7.42. The normalized spacial score (nSPS) is 16.0. The van der Waals surface area contributed by atoms with Crippen LogP contribution in [0.1, 0.15) is 57.6 Å². The number of para-hydroxylation sites is 1. The van der Waals surface area contributed by atoms with Crippen molar-refractivity contribution in [1.29, 1.82) is 0 Å². The predicted molar refractivity (Wildman–Crippen MR) is 167 cm³/mol. The fourth-order valence-electron chi connectivity index (χ4n) is 4.91. The third-order valence-corrected chi connectivity index (χ3v) is 7.09. The average molecular weight is 609 g/mol. The van der Waals surface area contributed by atoms with Crippen LogP contribution in [0.15, 0.2) is 54.6 Å². The molecule has 1 heterocycles. The molecule has 0 aromatic heterocycles. The number of benzene rings is 2. The number of aryl methyl sites for hydroxylation is 1. The molecule has 2 aromatic rings. The van der Waals surface area contributed by atoms with Gasteiger partial charge in [-0.3, -0.25) is 14.4 Å². The van der Waals surface area contributed by atoms with Gasteiger partial charge in [0, 0.05) is 31.6 Å². The molecule has 1 aliphatic rings. The second kappa shape index (κ2) is 15.7. The van der Waals surface area contributed by atoms with E-state index >= 15 is 0 Å². The summed E-state index contributed by atoms with van der Waals surface area (Å²) >= 11 is 0. The average Bonchev–Trinajstić information content (AvgIpc) is 3.30. The van der Waals surface area contributed by atoms with Crippen LogP contribution < -0.4 is 27.0 Å². The number of nitrogens with two attached hydrogens (primary N) is 1. The molecule has 0 radical (unpaired) electrons. The Morgan fingerprint density at radius 3 is 2.36 bits per heavy atom. The first-order valence-electron chi connectivity index (χ1n) is 14.9. The molecule has 3 rings (SSSR count). The highest BCUT2D eigenvalue weighted by Crippen LogP contribution is 2.19. The summed E-state index contributed by atoms with van der Waals surface area (Å²) in [7, 11) is 0. The van der Waals surface area contributed by atoms with E-state index < -0.39 is 41.6 Å². The topological polar surface area (TPSA) is 172 Å². The van der Waals surface area contributed by atoms with Crippen molar-refractivity contribution in [3.63, 3.8) is 0 Å². The van der Waals surface area contributed by atoms with Gasteiger partial charge >= 0.3 is 12.1 Å². The van der Waals surface area contributed by atoms with Crippen molar-refractivity contribution < 1.29 is 28.7 Å². The molecule has 12 nitrogen and oxygen atoms in total. The smallest absolute Gasteiger partial charge is 0.408 e. The van der Waals surface area contributed by atoms with Crippen LogP contribution >= 0.6 is 0 Å². The number of likely N-dealkylation sites (tertiary alicyclic amines) is 1. The molecule has 2 aromatic carbocycles. The minimum atomic E-state index is -0.939. The van der Waals surface area contributed by atoms with Crippen LogP contribution in [-0.2, 0) is 25.5 Å². The van der Waals surface area contributed by atoms with Crippen molar-refractivity contribution in [3.05, 3.63) is 65.7 Å². The molecule has 44 heavy (non-hydrogen) atoms. The Hall–Kier alpha value is -4.61. The number of rotatable bonds is 13. The van der Waals surface area contributed by atoms with Crippen LogP contribution in [0, 0.1) is 6.92 Å². The number of hydrogen-bond acceptors (Lipinski definition) is 6. The fraction of sp³-hybridized carbons (Fsp3) is 0.469. The SMILES string of the molecule is Cc1ccccc1NC(=O)NCCCC[C@H](NC(=O)OC(C)(C)C)C(=O)N[C@@H]1CC(=O)N([C@@H](Cc2ccccc2)C(N)=O)C1. The fourth-order valence-corrected chi connectivity index (χ4v) is 4.91. The lowest BCUT2D eigenvalue weighted by molar-refractivity contribution is -0.136. The molecule has 12 heteroatoms. The zero-order valence-electron chi connectivity index (χ0n) is 25.9. The second-order valence-electron chi connectivity index (χ2n) is 12.0. The highest BCUT2D eigenvalue weighted by Gasteiger charge is 2.38. The number of hydrogen-bond donors (Lipinski definition) is 5. The van der Waals surface area contributed by atoms with Gasteiger partial charge in [-0.2, -0.15) is 0 Å². The molecule has 1 saturated heterocycles. The third-order valence-electron chi connectivity index (χ3n) is 7.09. The Balaban J connectivity index is 1.55. The van der Waals surface area contributed by atoms with Gasteiger partial charge in [-0.1, -0.05) is 48.5 Å². The number of alkyl carbamates (subject to hydrolysis) is 1. The number of amides is 6. The zero-order valence-corrected chi connectivity index (χ0v) is 25.9. The van der Waals surface area contributed by atoms with Gasteiger partial charge < -0.3 is 36.6 Å². The number of nitrogens with zero attached hydrogens (tertiary/aromatic N) is 1. The highest BCUT2D eigenvalue weighted by molar-refractivity contribution is 5.91. The molecule has 238 valence electrons. The lowest BCUT2D eigenvalue weighted by Gasteiger charge is -2.26. The second-order valence-corrected chi connectivity index (χ2v) is 12.0. The van der Waals surface area contributed by atoms with Gasteiger partial charge in [0.25, 0.3) is 0 Å². The van der Waals surface area contributed by atoms with Gasteiger partial charge in [-0.05, 0) is 64.2 Å². The lowest BCUT2D eigenvalue weighted by atomic mass is 10.0. The highest BCUT2D eigenvalue weighted by atomic mass is 16.6. The van der Waals surface area contributed by atoms with Crippen LogP contribution in [0.3, 0.4) is 0 Å². The monoisotopic (exact) mass is 608 g/mol. The Bertz CT molecular complexity index is 1310. The van der Waals surface area contributed by atoms with E-state index in [4.69, 9.17) is 10.5 Å². The standard InChI is InChI=1S/C32H44N6O6/c1-21-12-8-9-15-24(21)36-30(42)34-17-11-10-16-25(37-31(43)44-32(2,3)4)29(41)35-23-19-27(39)38(20-23)26(28(33)40)18-22-13-6-5-7-14-22/h5-9,12-15,23,25-26H,10-11,16-20H2,1-4H3,(H2,33,40)(H,35,41)(H,37,43)(H2,34,36,42)/t23-,25+,26+/m1/s1. The minimum Gasteiger partial charge on any atom is -0.444 e. The number of carbonyl (C=O) groups is 5. The van der Waals surface area contributed by atoms with Gasteiger partial charge in [0.05, 0.1) is 6.04 Å². The van der Waals surface area contributed by atoms with Crippen molar-refractivity contribution in [1.82, 2.24) is 20.9 Å². The number of unbranched alkanes of at least 4 members (excludes halogenated alkanes) is 1. The number of primary amides is 1. The van der Waals surface area contributed by atoms with Gasteiger partial charge in [-0.15, -0.1) is 0 Å². The van der Waals surface area contributed by atoms with Gasteiger partial charge in [-0.25, -0.2) is 9.59 Å². The van der Waals surface area contributed by atoms with Crippen LogP contribution in [0.5, 0.6) is 0 Å². The van der Waals surface area contributed by atoms with Crippen LogP contribution in [-0.4, -0.2) is 71.6 Å². The summed E-state index contributed by atoms with van der Waals surface area (Å²) in [6.45, 7) is 7.54. The maximum absolute atomic E-state index is 13.3. The van der Waals surface area contributed by atoms with Gasteiger partial charge in [0.15, 0.2) is 0 Å². The van der Waals surface area contributed by atoms with Crippen LogP contribution in [0.2, 0.25) is 0 Å². The molecule has 0 unspecified atom stereocenters. The Labute approximate surface area is 258 Å². The quantitative estimate of drug-likeness (QED) is 0.219. The van der Waals surface area contributed by atoms with Crippen LogP contribution in [0.4, 0.5) is 15.3 Å². The molecule has 0 spiro atoms. The minimum absolute atomic E-state index is 0.00336. The first-order valence-corrected chi connectivity index (χ1v) is 14.9. The third kappa shape index (κ3) is 10.9. The summed E-state index contributed by atoms with van der Waals surface area (Å²) < 4.78 is 5.35. The number of ether oxygens (including phenoxy) is 1. The predicted octanol–water partition coefficient (Wildman–Crippen LogP) is 2.99. The van der Waals surface area contributed by atoms with Gasteiger partial charge in [0.1, 0.15) is 17.7 Å². The Kier molecular flexibility index (Phi) is 12.1. The summed E-state index contributed by atoms with van der Waals surface area (Å²) in [5, 5.41) is 11.1. The van der Waals surface area contributed by atoms with Gasteiger partial charge in [0.2, 0.25) is 17.7 Å². The van der Waals surface area contributed by atoms with Crippen molar-refractivity contribution in [2.45, 2.75) is 83.5 Å². The van der Waals surface area contributed by atoms with E-state index in [-0.39, 0.29) is 37.7 Å². The first-order chi connectivity index (χ1) is 20.8. The molecule has 6 N–H and O–H groups in total. The molecular formula is C32H44N6O6. The first kappa shape index (κ1) is 33.9. The molecule has 0 bridgehead atoms. The molecule has 0 saturated carbocycles. The molecular weight excluding hydrogens is 564 g/mol. The Morgan fingerprint density at radius 1 is 1.02 bits per heavy atom. The molecule has 3 atom stereocenters. The number of urea groups is 1. The van der Waals surface area contributed by atoms with E-state index in [1.54, 1.807) is 20.8 Å². The number of nitrogens with one attached hydrogen (secondary N) is 4. The number of carbonyl (C=O) groups excluding carboxylic acids is 5. The summed E-state index contributed by atoms with van der Waals surface area (Å²) in [6.07, 6.45) is 0.861. The number of anilines is 1. The maximum Gasteiger partial charge on any atom is 0.408 e. The largest absolute Gasteiger partial charge is 0.444 e. The summed E-state index contributed by atoms with van der Waals surface area (Å²) in [4.78, 5) is 64.7.